The molecule has 0 aliphatic heterocycles. The minimum atomic E-state index is -0.0919. The summed E-state index contributed by atoms with van der Waals surface area (Å²) in [6, 6.07) is 19.8. The first kappa shape index (κ1) is 19.4. The smallest absolute Gasteiger partial charge is 0.229 e. The Morgan fingerprint density at radius 1 is 0.964 bits per heavy atom. The number of hydrogen-bond donors (Lipinski definition) is 3. The van der Waals surface area contributed by atoms with Gasteiger partial charge in [0.2, 0.25) is 11.9 Å². The van der Waals surface area contributed by atoms with Gasteiger partial charge in [-0.15, -0.1) is 0 Å². The van der Waals surface area contributed by atoms with Crippen molar-refractivity contribution in [2.45, 2.75) is 26.7 Å². The van der Waals surface area contributed by atoms with Gasteiger partial charge >= 0.3 is 0 Å². The van der Waals surface area contributed by atoms with Gasteiger partial charge in [-0.1, -0.05) is 30.3 Å². The molecule has 3 rings (SSSR count). The Morgan fingerprint density at radius 2 is 1.68 bits per heavy atom. The lowest BCUT2D eigenvalue weighted by Crippen LogP contribution is -2.08. The molecule has 2 aromatic carbocycles. The first-order valence-electron chi connectivity index (χ1n) is 9.37. The molecule has 3 aromatic rings. The van der Waals surface area contributed by atoms with Gasteiger partial charge in [0.1, 0.15) is 5.82 Å². The van der Waals surface area contributed by atoms with Crippen LogP contribution in [-0.4, -0.2) is 22.4 Å². The quantitative estimate of drug-likeness (QED) is 0.504. The lowest BCUT2D eigenvalue weighted by molar-refractivity contribution is -0.114. The van der Waals surface area contributed by atoms with E-state index in [2.05, 4.69) is 50.2 Å². The van der Waals surface area contributed by atoms with Crippen LogP contribution in [-0.2, 0) is 11.2 Å². The molecular weight excluding hydrogens is 350 g/mol. The van der Waals surface area contributed by atoms with E-state index in [0.29, 0.717) is 5.95 Å². The molecule has 0 bridgehead atoms. The van der Waals surface area contributed by atoms with Crippen molar-refractivity contribution < 1.29 is 4.79 Å². The van der Waals surface area contributed by atoms with Crippen LogP contribution in [0.4, 0.5) is 23.1 Å². The number of anilines is 4. The molecule has 0 atom stereocenters. The maximum absolute atomic E-state index is 11.1. The first-order valence-corrected chi connectivity index (χ1v) is 9.37. The molecule has 0 unspecified atom stereocenters. The Balaban J connectivity index is 1.56. The molecule has 1 amide bonds. The monoisotopic (exact) mass is 375 g/mol. The second-order valence-corrected chi connectivity index (χ2v) is 6.62. The van der Waals surface area contributed by atoms with Gasteiger partial charge in [0.25, 0.3) is 0 Å². The molecule has 28 heavy (non-hydrogen) atoms. The zero-order chi connectivity index (χ0) is 19.8. The first-order chi connectivity index (χ1) is 13.6. The maximum Gasteiger partial charge on any atom is 0.229 e. The summed E-state index contributed by atoms with van der Waals surface area (Å²) in [7, 11) is 0. The van der Waals surface area contributed by atoms with Crippen LogP contribution in [0.25, 0.3) is 0 Å². The van der Waals surface area contributed by atoms with E-state index in [1.54, 1.807) is 0 Å². The number of nitrogens with one attached hydrogen (secondary N) is 3. The molecule has 6 nitrogen and oxygen atoms in total. The van der Waals surface area contributed by atoms with Gasteiger partial charge in [-0.05, 0) is 49.6 Å². The molecule has 0 spiro atoms. The summed E-state index contributed by atoms with van der Waals surface area (Å²) in [6.45, 7) is 4.28. The Kier molecular flexibility index (Phi) is 6.57. The molecule has 0 saturated heterocycles. The summed E-state index contributed by atoms with van der Waals surface area (Å²) in [5.74, 6) is 1.25. The van der Waals surface area contributed by atoms with Crippen molar-refractivity contribution in [1.82, 2.24) is 9.97 Å². The van der Waals surface area contributed by atoms with Gasteiger partial charge in [-0.3, -0.25) is 4.79 Å². The molecule has 0 saturated carbocycles. The number of hydrogen-bond acceptors (Lipinski definition) is 5. The van der Waals surface area contributed by atoms with Gasteiger partial charge in [0, 0.05) is 36.6 Å². The number of rotatable bonds is 8. The van der Waals surface area contributed by atoms with E-state index in [1.165, 1.54) is 12.5 Å². The van der Waals surface area contributed by atoms with Crippen molar-refractivity contribution in [2.24, 2.45) is 0 Å². The number of aryl methyl sites for hydroxylation is 2. The number of nitrogens with zero attached hydrogens (tertiary/aromatic N) is 2. The highest BCUT2D eigenvalue weighted by Crippen LogP contribution is 2.18. The van der Waals surface area contributed by atoms with Gasteiger partial charge in [-0.25, -0.2) is 4.98 Å². The van der Waals surface area contributed by atoms with Crippen LogP contribution < -0.4 is 16.0 Å². The lowest BCUT2D eigenvalue weighted by atomic mass is 10.1. The largest absolute Gasteiger partial charge is 0.370 e. The number of benzene rings is 2. The predicted molar refractivity (Wildman–Crippen MR) is 114 cm³/mol. The third kappa shape index (κ3) is 6.09. The number of aromatic nitrogens is 2. The normalized spacial score (nSPS) is 10.4. The Labute approximate surface area is 165 Å². The SMILES string of the molecule is CC(=O)Nc1ccc(Nc2nc(C)cc(NCCCc3ccccc3)n2)cc1. The van der Waals surface area contributed by atoms with E-state index < -0.39 is 0 Å². The topological polar surface area (TPSA) is 78.9 Å². The van der Waals surface area contributed by atoms with E-state index in [0.717, 1.165) is 42.3 Å². The highest BCUT2D eigenvalue weighted by Gasteiger charge is 2.04. The molecule has 1 aromatic heterocycles. The summed E-state index contributed by atoms with van der Waals surface area (Å²) in [4.78, 5) is 20.1. The molecule has 6 heteroatoms. The Hall–Kier alpha value is -3.41. The van der Waals surface area contributed by atoms with Crippen LogP contribution in [0.1, 0.15) is 24.6 Å². The minimum absolute atomic E-state index is 0.0919. The zero-order valence-corrected chi connectivity index (χ0v) is 16.2. The summed E-state index contributed by atoms with van der Waals surface area (Å²) < 4.78 is 0. The van der Waals surface area contributed by atoms with E-state index in [4.69, 9.17) is 0 Å². The van der Waals surface area contributed by atoms with Crippen molar-refractivity contribution in [3.8, 4) is 0 Å². The van der Waals surface area contributed by atoms with Crippen LogP contribution in [0.15, 0.2) is 60.7 Å². The molecule has 144 valence electrons. The van der Waals surface area contributed by atoms with Crippen LogP contribution in [0.2, 0.25) is 0 Å². The summed E-state index contributed by atoms with van der Waals surface area (Å²) in [6.07, 6.45) is 2.06. The third-order valence-corrected chi connectivity index (χ3v) is 4.11. The molecule has 3 N–H and O–H groups in total. The van der Waals surface area contributed by atoms with Gasteiger partial charge in [0.15, 0.2) is 0 Å². The van der Waals surface area contributed by atoms with Gasteiger partial charge in [0.05, 0.1) is 0 Å². The fraction of sp³-hybridized carbons (Fsp3) is 0.227. The van der Waals surface area contributed by atoms with E-state index >= 15 is 0 Å². The maximum atomic E-state index is 11.1. The predicted octanol–water partition coefficient (Wildman–Crippen LogP) is 4.53. The third-order valence-electron chi connectivity index (χ3n) is 4.11. The highest BCUT2D eigenvalue weighted by molar-refractivity contribution is 5.88. The molecule has 0 aliphatic carbocycles. The van der Waals surface area contributed by atoms with Crippen LogP contribution in [0, 0.1) is 6.92 Å². The van der Waals surface area contributed by atoms with Crippen molar-refractivity contribution in [3.05, 3.63) is 71.9 Å². The molecule has 1 heterocycles. The van der Waals surface area contributed by atoms with Gasteiger partial charge < -0.3 is 16.0 Å². The van der Waals surface area contributed by atoms with Gasteiger partial charge in [-0.2, -0.15) is 4.98 Å². The highest BCUT2D eigenvalue weighted by atomic mass is 16.1. The summed E-state index contributed by atoms with van der Waals surface area (Å²) >= 11 is 0. The van der Waals surface area contributed by atoms with Crippen LogP contribution in [0.5, 0.6) is 0 Å². The average Bonchev–Trinajstić information content (AvgIpc) is 2.67. The second kappa shape index (κ2) is 9.50. The molecule has 0 fully saturated rings. The zero-order valence-electron chi connectivity index (χ0n) is 16.2. The minimum Gasteiger partial charge on any atom is -0.370 e. The number of carbonyl (C=O) groups is 1. The molecular formula is C22H25N5O. The van der Waals surface area contributed by atoms with E-state index in [1.807, 2.05) is 43.3 Å². The van der Waals surface area contributed by atoms with Crippen LogP contribution in [0.3, 0.4) is 0 Å². The van der Waals surface area contributed by atoms with Crippen LogP contribution >= 0.6 is 0 Å². The number of amides is 1. The van der Waals surface area contributed by atoms with E-state index in [-0.39, 0.29) is 5.91 Å². The molecule has 0 aliphatic rings. The van der Waals surface area contributed by atoms with Crippen molar-refractivity contribution >= 4 is 29.0 Å². The summed E-state index contributed by atoms with van der Waals surface area (Å²) in [5.41, 5.74) is 3.84. The standard InChI is InChI=1S/C22H25N5O/c1-16-15-21(23-14-6-9-18-7-4-3-5-8-18)27-22(24-16)26-20-12-10-19(11-13-20)25-17(2)28/h3-5,7-8,10-13,15H,6,9,14H2,1-2H3,(H,25,28)(H2,23,24,26,27). The Morgan fingerprint density at radius 3 is 2.39 bits per heavy atom. The molecule has 0 radical (unpaired) electrons. The van der Waals surface area contributed by atoms with E-state index in [9.17, 15) is 4.79 Å². The van der Waals surface area contributed by atoms with Crippen molar-refractivity contribution in [2.75, 3.05) is 22.5 Å². The Bertz CT molecular complexity index is 910. The summed E-state index contributed by atoms with van der Waals surface area (Å²) in [5, 5.41) is 9.33. The number of carbonyl (C=O) groups excluding carboxylic acids is 1. The average molecular weight is 375 g/mol. The van der Waals surface area contributed by atoms with Crippen molar-refractivity contribution in [1.29, 1.82) is 0 Å². The fourth-order valence-electron chi connectivity index (χ4n) is 2.84. The van der Waals surface area contributed by atoms with Crippen molar-refractivity contribution in [3.63, 3.8) is 0 Å². The second-order valence-electron chi connectivity index (χ2n) is 6.62. The lowest BCUT2D eigenvalue weighted by Gasteiger charge is -2.10. The fourth-order valence-corrected chi connectivity index (χ4v) is 2.84.